The molecule has 0 radical (unpaired) electrons. The van der Waals surface area contributed by atoms with Crippen LogP contribution in [0, 0.1) is 0 Å². The Kier molecular flexibility index (Phi) is 5.17. The Bertz CT molecular complexity index is 1300. The first-order valence-electron chi connectivity index (χ1n) is 11.6. The minimum Gasteiger partial charge on any atom is -0.457 e. The first-order valence-corrected chi connectivity index (χ1v) is 15.1. The van der Waals surface area contributed by atoms with Crippen LogP contribution in [0.1, 0.15) is 25.0 Å². The van der Waals surface area contributed by atoms with E-state index in [4.69, 9.17) is 4.74 Å². The van der Waals surface area contributed by atoms with Crippen molar-refractivity contribution in [1.82, 2.24) is 0 Å². The van der Waals surface area contributed by atoms with E-state index in [1.807, 2.05) is 30.3 Å². The van der Waals surface area contributed by atoms with Gasteiger partial charge in [0.1, 0.15) is 11.5 Å². The molecule has 0 bridgehead atoms. The molecule has 33 heavy (non-hydrogen) atoms. The fraction of sp³-hybridized carbons (Fsp3) is 0.200. The first kappa shape index (κ1) is 21.5. The van der Waals surface area contributed by atoms with Gasteiger partial charge in [-0.1, -0.05) is 94.2 Å². The summed E-state index contributed by atoms with van der Waals surface area (Å²) in [6.07, 6.45) is 0. The van der Waals surface area contributed by atoms with Crippen LogP contribution in [0.3, 0.4) is 0 Å². The third kappa shape index (κ3) is 3.77. The summed E-state index contributed by atoms with van der Waals surface area (Å²) in [5.74, 6) is 1.70. The van der Waals surface area contributed by atoms with E-state index in [1.165, 1.54) is 33.4 Å². The SMILES string of the molecule is CC1(C)c2ccccc2N(c2ccccc2[Si](C)(C)C)c2cc(Oc3ccccc3)ccc21. The lowest BCUT2D eigenvalue weighted by Crippen LogP contribution is -2.42. The van der Waals surface area contributed by atoms with E-state index in [1.54, 1.807) is 0 Å². The standard InChI is InChI=1S/C30H31NOSi/c1-30(2)24-15-9-10-16-26(24)31(27-17-11-12-18-29(27)33(3,4)5)28-21-23(19-20-25(28)30)32-22-13-7-6-8-14-22/h6-21H,1-5H3. The van der Waals surface area contributed by atoms with Crippen LogP contribution in [0.2, 0.25) is 19.6 Å². The molecule has 166 valence electrons. The number of ether oxygens (including phenoxy) is 1. The van der Waals surface area contributed by atoms with Gasteiger partial charge >= 0.3 is 0 Å². The molecule has 0 atom stereocenters. The zero-order valence-corrected chi connectivity index (χ0v) is 21.1. The van der Waals surface area contributed by atoms with Crippen LogP contribution in [0.4, 0.5) is 17.1 Å². The fourth-order valence-corrected chi connectivity index (χ4v) is 6.51. The molecule has 0 aromatic heterocycles. The molecular formula is C30H31NOSi. The molecule has 0 aliphatic carbocycles. The zero-order valence-electron chi connectivity index (χ0n) is 20.1. The molecular weight excluding hydrogens is 418 g/mol. The normalized spacial score (nSPS) is 14.4. The summed E-state index contributed by atoms with van der Waals surface area (Å²) in [6.45, 7) is 11.9. The lowest BCUT2D eigenvalue weighted by Gasteiger charge is -2.43. The van der Waals surface area contributed by atoms with Gasteiger partial charge in [0.2, 0.25) is 0 Å². The Morgan fingerprint density at radius 1 is 0.606 bits per heavy atom. The van der Waals surface area contributed by atoms with Gasteiger partial charge in [0.05, 0.1) is 19.4 Å². The van der Waals surface area contributed by atoms with Gasteiger partial charge in [0.15, 0.2) is 0 Å². The number of para-hydroxylation sites is 3. The highest BCUT2D eigenvalue weighted by Gasteiger charge is 2.38. The topological polar surface area (TPSA) is 12.5 Å². The first-order chi connectivity index (χ1) is 15.8. The molecule has 4 aromatic rings. The van der Waals surface area contributed by atoms with Crippen LogP contribution in [0.5, 0.6) is 11.5 Å². The van der Waals surface area contributed by atoms with E-state index in [2.05, 4.69) is 105 Å². The van der Waals surface area contributed by atoms with Crippen molar-refractivity contribution in [2.24, 2.45) is 0 Å². The van der Waals surface area contributed by atoms with Crippen LogP contribution in [-0.2, 0) is 5.41 Å². The molecule has 1 heterocycles. The van der Waals surface area contributed by atoms with Crippen LogP contribution in [0.25, 0.3) is 0 Å². The van der Waals surface area contributed by atoms with Gasteiger partial charge in [-0.3, -0.25) is 0 Å². The second-order valence-electron chi connectivity index (χ2n) is 10.3. The van der Waals surface area contributed by atoms with Crippen LogP contribution < -0.4 is 14.8 Å². The number of fused-ring (bicyclic) bond motifs is 2. The molecule has 1 aliphatic heterocycles. The second-order valence-corrected chi connectivity index (χ2v) is 15.4. The maximum atomic E-state index is 6.26. The maximum absolute atomic E-state index is 6.26. The molecule has 0 spiro atoms. The molecule has 5 rings (SSSR count). The minimum atomic E-state index is -1.59. The summed E-state index contributed by atoms with van der Waals surface area (Å²) in [6, 6.07) is 34.3. The summed E-state index contributed by atoms with van der Waals surface area (Å²) in [5, 5.41) is 1.46. The molecule has 0 N–H and O–H groups in total. The fourth-order valence-electron chi connectivity index (χ4n) is 4.95. The average Bonchev–Trinajstić information content (AvgIpc) is 2.79. The van der Waals surface area contributed by atoms with Crippen molar-refractivity contribution in [1.29, 1.82) is 0 Å². The molecule has 0 saturated carbocycles. The minimum absolute atomic E-state index is 0.109. The Labute approximate surface area is 198 Å². The molecule has 0 unspecified atom stereocenters. The molecule has 4 aromatic carbocycles. The van der Waals surface area contributed by atoms with Gasteiger partial charge < -0.3 is 9.64 Å². The van der Waals surface area contributed by atoms with E-state index >= 15 is 0 Å². The average molecular weight is 450 g/mol. The molecule has 2 nitrogen and oxygen atoms in total. The largest absolute Gasteiger partial charge is 0.457 e. The molecule has 3 heteroatoms. The Morgan fingerprint density at radius 3 is 1.94 bits per heavy atom. The summed E-state index contributed by atoms with van der Waals surface area (Å²) in [5.41, 5.74) is 6.27. The number of hydrogen-bond donors (Lipinski definition) is 0. The van der Waals surface area contributed by atoms with E-state index in [-0.39, 0.29) is 5.41 Å². The highest BCUT2D eigenvalue weighted by molar-refractivity contribution is 6.89. The van der Waals surface area contributed by atoms with Crippen molar-refractivity contribution in [2.75, 3.05) is 4.90 Å². The quantitative estimate of drug-likeness (QED) is 0.292. The Morgan fingerprint density at radius 2 is 1.21 bits per heavy atom. The summed E-state index contributed by atoms with van der Waals surface area (Å²) < 4.78 is 6.26. The summed E-state index contributed by atoms with van der Waals surface area (Å²) in [4.78, 5) is 2.46. The number of anilines is 3. The number of benzene rings is 4. The zero-order chi connectivity index (χ0) is 23.2. The van der Waals surface area contributed by atoms with Crippen molar-refractivity contribution in [2.45, 2.75) is 38.9 Å². The monoisotopic (exact) mass is 449 g/mol. The van der Waals surface area contributed by atoms with Gasteiger partial charge in [0, 0.05) is 17.2 Å². The van der Waals surface area contributed by atoms with E-state index < -0.39 is 8.07 Å². The molecule has 0 fully saturated rings. The van der Waals surface area contributed by atoms with E-state index in [0.29, 0.717) is 0 Å². The van der Waals surface area contributed by atoms with Crippen molar-refractivity contribution < 1.29 is 4.74 Å². The molecule has 0 saturated heterocycles. The van der Waals surface area contributed by atoms with Gasteiger partial charge in [-0.15, -0.1) is 0 Å². The second kappa shape index (κ2) is 7.93. The van der Waals surface area contributed by atoms with Crippen molar-refractivity contribution in [3.63, 3.8) is 0 Å². The number of rotatable bonds is 4. The van der Waals surface area contributed by atoms with Crippen molar-refractivity contribution in [3.8, 4) is 11.5 Å². The number of nitrogens with zero attached hydrogens (tertiary/aromatic N) is 1. The third-order valence-corrected chi connectivity index (χ3v) is 8.67. The van der Waals surface area contributed by atoms with E-state index in [0.717, 1.165) is 11.5 Å². The Hall–Kier alpha value is -3.30. The highest BCUT2D eigenvalue weighted by Crippen LogP contribution is 2.52. The van der Waals surface area contributed by atoms with Crippen LogP contribution in [0.15, 0.2) is 97.1 Å². The summed E-state index contributed by atoms with van der Waals surface area (Å²) in [7, 11) is -1.59. The predicted octanol–water partition coefficient (Wildman–Crippen LogP) is 8.13. The van der Waals surface area contributed by atoms with Crippen molar-refractivity contribution >= 4 is 30.3 Å². The van der Waals surface area contributed by atoms with Gasteiger partial charge in [-0.25, -0.2) is 0 Å². The van der Waals surface area contributed by atoms with Gasteiger partial charge in [0.25, 0.3) is 0 Å². The van der Waals surface area contributed by atoms with Gasteiger partial charge in [-0.05, 0) is 46.6 Å². The van der Waals surface area contributed by atoms with Crippen LogP contribution in [-0.4, -0.2) is 8.07 Å². The lowest BCUT2D eigenvalue weighted by atomic mass is 9.73. The predicted molar refractivity (Wildman–Crippen MR) is 143 cm³/mol. The highest BCUT2D eigenvalue weighted by atomic mass is 28.3. The van der Waals surface area contributed by atoms with Crippen LogP contribution >= 0.6 is 0 Å². The van der Waals surface area contributed by atoms with Gasteiger partial charge in [-0.2, -0.15) is 0 Å². The summed E-state index contributed by atoms with van der Waals surface area (Å²) >= 11 is 0. The number of hydrogen-bond acceptors (Lipinski definition) is 2. The molecule has 0 amide bonds. The smallest absolute Gasteiger partial charge is 0.129 e. The van der Waals surface area contributed by atoms with Crippen molar-refractivity contribution in [3.05, 3.63) is 108 Å². The third-order valence-electron chi connectivity index (χ3n) is 6.63. The lowest BCUT2D eigenvalue weighted by molar-refractivity contribution is 0.482. The Balaban J connectivity index is 1.75. The maximum Gasteiger partial charge on any atom is 0.129 e. The molecule has 1 aliphatic rings. The van der Waals surface area contributed by atoms with E-state index in [9.17, 15) is 0 Å².